The molecule has 0 aliphatic rings. The summed E-state index contributed by atoms with van der Waals surface area (Å²) < 4.78 is 50.5. The molecular weight excluding hydrogens is 296 g/mol. The highest BCUT2D eigenvalue weighted by Crippen LogP contribution is 2.31. The van der Waals surface area contributed by atoms with Gasteiger partial charge < -0.3 is 5.73 Å². The molecule has 9 heteroatoms. The Balaban J connectivity index is 2.13. The Kier molecular flexibility index (Phi) is 3.89. The third-order valence-electron chi connectivity index (χ3n) is 2.19. The number of alkyl halides is 3. The zero-order chi connectivity index (χ0) is 14.8. The van der Waals surface area contributed by atoms with E-state index < -0.39 is 17.6 Å². The molecule has 0 fully saturated rings. The number of hydrazone groups is 1. The van der Waals surface area contributed by atoms with Gasteiger partial charge in [0.05, 0.1) is 11.8 Å². The first-order chi connectivity index (χ1) is 9.36. The number of nitrogens with one attached hydrogen (secondary N) is 1. The number of benzene rings is 1. The van der Waals surface area contributed by atoms with E-state index in [2.05, 4.69) is 15.5 Å². The number of hydrogen-bond donors (Lipinski definition) is 2. The normalized spacial score (nSPS) is 12.0. The van der Waals surface area contributed by atoms with E-state index in [1.54, 1.807) is 5.38 Å². The third-order valence-corrected chi connectivity index (χ3v) is 2.96. The van der Waals surface area contributed by atoms with Crippen molar-refractivity contribution in [2.75, 3.05) is 11.2 Å². The summed E-state index contributed by atoms with van der Waals surface area (Å²) in [6.45, 7) is 0. The van der Waals surface area contributed by atoms with Gasteiger partial charge in [0.1, 0.15) is 11.6 Å². The summed E-state index contributed by atoms with van der Waals surface area (Å²) in [7, 11) is 0. The van der Waals surface area contributed by atoms with Crippen LogP contribution < -0.4 is 11.2 Å². The first-order valence-corrected chi connectivity index (χ1v) is 6.11. The van der Waals surface area contributed by atoms with E-state index in [0.717, 1.165) is 12.3 Å². The standard InChI is InChI=1S/C11H8F4N4S/c12-8-2-1-6(3-7(8)11(13,14)15)4-17-19-10-18-9(16)5-20-10/h1-5H,16H2,(H,18,19). The number of nitrogens with two attached hydrogens (primary N) is 1. The van der Waals surface area contributed by atoms with Crippen molar-refractivity contribution in [1.29, 1.82) is 0 Å². The van der Waals surface area contributed by atoms with Crippen LogP contribution in [-0.2, 0) is 6.18 Å². The fraction of sp³-hybridized carbons (Fsp3) is 0.0909. The first kappa shape index (κ1) is 14.3. The predicted octanol–water partition coefficient (Wildman–Crippen LogP) is 3.33. The minimum absolute atomic E-state index is 0.107. The van der Waals surface area contributed by atoms with Crippen molar-refractivity contribution in [3.05, 3.63) is 40.5 Å². The Bertz CT molecular complexity index is 636. The highest BCUT2D eigenvalue weighted by molar-refractivity contribution is 7.14. The van der Waals surface area contributed by atoms with E-state index in [4.69, 9.17) is 5.73 Å². The lowest BCUT2D eigenvalue weighted by Gasteiger charge is -2.08. The van der Waals surface area contributed by atoms with Crippen LogP contribution in [0.5, 0.6) is 0 Å². The number of aromatic nitrogens is 1. The zero-order valence-corrected chi connectivity index (χ0v) is 10.6. The van der Waals surface area contributed by atoms with Crippen LogP contribution in [0.1, 0.15) is 11.1 Å². The second-order valence-electron chi connectivity index (χ2n) is 3.68. The molecule has 0 spiro atoms. The number of hydrogen-bond acceptors (Lipinski definition) is 5. The molecule has 0 bridgehead atoms. The van der Waals surface area contributed by atoms with Crippen molar-refractivity contribution in [2.45, 2.75) is 6.18 Å². The number of nitrogens with zero attached hydrogens (tertiary/aromatic N) is 2. The summed E-state index contributed by atoms with van der Waals surface area (Å²) in [6.07, 6.45) is -3.61. The van der Waals surface area contributed by atoms with Gasteiger partial charge in [-0.15, -0.1) is 11.3 Å². The van der Waals surface area contributed by atoms with E-state index in [1.807, 2.05) is 0 Å². The molecule has 3 N–H and O–H groups in total. The molecule has 1 heterocycles. The molecule has 0 aliphatic heterocycles. The molecule has 1 aromatic carbocycles. The van der Waals surface area contributed by atoms with Gasteiger partial charge in [0.25, 0.3) is 0 Å². The SMILES string of the molecule is Nc1csc(NN=Cc2ccc(F)c(C(F)(F)F)c2)n1. The van der Waals surface area contributed by atoms with Crippen LogP contribution in [0.4, 0.5) is 28.5 Å². The summed E-state index contributed by atoms with van der Waals surface area (Å²) in [5, 5.41) is 5.69. The Morgan fingerprint density at radius 2 is 2.10 bits per heavy atom. The molecule has 0 amide bonds. The first-order valence-electron chi connectivity index (χ1n) is 5.23. The fourth-order valence-electron chi connectivity index (χ4n) is 1.34. The maximum atomic E-state index is 13.1. The molecule has 20 heavy (non-hydrogen) atoms. The summed E-state index contributed by atoms with van der Waals surface area (Å²) in [5.41, 5.74) is 6.67. The lowest BCUT2D eigenvalue weighted by Crippen LogP contribution is -2.08. The number of thiazole rings is 1. The van der Waals surface area contributed by atoms with Crippen molar-refractivity contribution in [3.63, 3.8) is 0 Å². The second-order valence-corrected chi connectivity index (χ2v) is 4.54. The molecule has 0 radical (unpaired) electrons. The van der Waals surface area contributed by atoms with Crippen LogP contribution >= 0.6 is 11.3 Å². The topological polar surface area (TPSA) is 63.3 Å². The number of nitrogen functional groups attached to an aromatic ring is 1. The average molecular weight is 304 g/mol. The maximum absolute atomic E-state index is 13.1. The van der Waals surface area contributed by atoms with Crippen molar-refractivity contribution in [1.82, 2.24) is 4.98 Å². The van der Waals surface area contributed by atoms with Gasteiger partial charge in [0.15, 0.2) is 0 Å². The van der Waals surface area contributed by atoms with Gasteiger partial charge in [-0.05, 0) is 17.7 Å². The van der Waals surface area contributed by atoms with E-state index in [9.17, 15) is 17.6 Å². The van der Waals surface area contributed by atoms with Crippen LogP contribution in [-0.4, -0.2) is 11.2 Å². The number of anilines is 2. The molecule has 1 aromatic heterocycles. The molecule has 106 valence electrons. The molecule has 2 aromatic rings. The van der Waals surface area contributed by atoms with Gasteiger partial charge in [-0.1, -0.05) is 6.07 Å². The lowest BCUT2D eigenvalue weighted by molar-refractivity contribution is -0.140. The summed E-state index contributed by atoms with van der Waals surface area (Å²) in [5.74, 6) is -1.01. The van der Waals surface area contributed by atoms with E-state index in [0.29, 0.717) is 17.0 Å². The van der Waals surface area contributed by atoms with Gasteiger partial charge in [-0.25, -0.2) is 9.37 Å². The highest BCUT2D eigenvalue weighted by atomic mass is 32.1. The summed E-state index contributed by atoms with van der Waals surface area (Å²) >= 11 is 1.19. The third kappa shape index (κ3) is 3.44. The monoisotopic (exact) mass is 304 g/mol. The summed E-state index contributed by atoms with van der Waals surface area (Å²) in [6, 6.07) is 2.61. The average Bonchev–Trinajstić information content (AvgIpc) is 2.76. The Labute approximate surface area is 114 Å². The zero-order valence-electron chi connectivity index (χ0n) is 9.78. The maximum Gasteiger partial charge on any atom is 0.419 e. The van der Waals surface area contributed by atoms with Crippen molar-refractivity contribution >= 4 is 28.5 Å². The van der Waals surface area contributed by atoms with Crippen molar-refractivity contribution < 1.29 is 17.6 Å². The van der Waals surface area contributed by atoms with Crippen LogP contribution in [0.25, 0.3) is 0 Å². The van der Waals surface area contributed by atoms with Crippen LogP contribution in [0.3, 0.4) is 0 Å². The predicted molar refractivity (Wildman–Crippen MR) is 69.1 cm³/mol. The Morgan fingerprint density at radius 1 is 1.35 bits per heavy atom. The number of halogens is 4. The van der Waals surface area contributed by atoms with Gasteiger partial charge in [0, 0.05) is 5.38 Å². The number of rotatable bonds is 3. The van der Waals surface area contributed by atoms with Crippen molar-refractivity contribution in [3.8, 4) is 0 Å². The molecule has 4 nitrogen and oxygen atoms in total. The van der Waals surface area contributed by atoms with Crippen LogP contribution in [0, 0.1) is 5.82 Å². The highest BCUT2D eigenvalue weighted by Gasteiger charge is 2.34. The smallest absolute Gasteiger partial charge is 0.383 e. The molecule has 0 aliphatic carbocycles. The molecule has 0 unspecified atom stereocenters. The van der Waals surface area contributed by atoms with Crippen molar-refractivity contribution in [2.24, 2.45) is 5.10 Å². The van der Waals surface area contributed by atoms with Crippen LogP contribution in [0.2, 0.25) is 0 Å². The molecule has 0 atom stereocenters. The molecule has 0 saturated carbocycles. The molecular formula is C11H8F4N4S. The van der Waals surface area contributed by atoms with Gasteiger partial charge in [-0.2, -0.15) is 18.3 Å². The largest absolute Gasteiger partial charge is 0.419 e. The summed E-state index contributed by atoms with van der Waals surface area (Å²) in [4.78, 5) is 3.84. The molecule has 2 rings (SSSR count). The van der Waals surface area contributed by atoms with E-state index in [-0.39, 0.29) is 5.56 Å². The van der Waals surface area contributed by atoms with Gasteiger partial charge >= 0.3 is 6.18 Å². The van der Waals surface area contributed by atoms with E-state index >= 15 is 0 Å². The lowest BCUT2D eigenvalue weighted by atomic mass is 10.1. The second kappa shape index (κ2) is 5.45. The van der Waals surface area contributed by atoms with Crippen LogP contribution in [0.15, 0.2) is 28.7 Å². The van der Waals surface area contributed by atoms with E-state index in [1.165, 1.54) is 17.4 Å². The Hall–Kier alpha value is -2.16. The Morgan fingerprint density at radius 3 is 2.70 bits per heavy atom. The quantitative estimate of drug-likeness (QED) is 0.519. The minimum Gasteiger partial charge on any atom is -0.383 e. The minimum atomic E-state index is -4.74. The van der Waals surface area contributed by atoms with Gasteiger partial charge in [-0.3, -0.25) is 5.43 Å². The fourth-order valence-corrected chi connectivity index (χ4v) is 1.89. The molecule has 0 saturated heterocycles. The van der Waals surface area contributed by atoms with Gasteiger partial charge in [0.2, 0.25) is 5.13 Å².